The van der Waals surface area contributed by atoms with Gasteiger partial charge in [-0.15, -0.1) is 0 Å². The summed E-state index contributed by atoms with van der Waals surface area (Å²) in [5.74, 6) is -0.200. The van der Waals surface area contributed by atoms with Crippen molar-refractivity contribution in [1.29, 1.82) is 0 Å². The Morgan fingerprint density at radius 1 is 1.33 bits per heavy atom. The van der Waals surface area contributed by atoms with E-state index in [1.54, 1.807) is 13.0 Å². The number of carbonyl (C=O) groups excluding carboxylic acids is 2. The molecule has 0 amide bonds. The van der Waals surface area contributed by atoms with Crippen LogP contribution >= 0.6 is 0 Å². The molecule has 1 N–H and O–H groups in total. The summed E-state index contributed by atoms with van der Waals surface area (Å²) in [5, 5.41) is 0.971. The average Bonchev–Trinajstić information content (AvgIpc) is 2.78. The van der Waals surface area contributed by atoms with Crippen molar-refractivity contribution >= 4 is 22.7 Å². The van der Waals surface area contributed by atoms with Gasteiger partial charge < -0.3 is 14.5 Å². The molecule has 0 aliphatic rings. The molecule has 0 radical (unpaired) electrons. The molecule has 1 heterocycles. The highest BCUT2D eigenvalue weighted by molar-refractivity contribution is 6.03. The monoisotopic (exact) mass is 245 g/mol. The van der Waals surface area contributed by atoms with E-state index in [4.69, 9.17) is 4.74 Å². The zero-order valence-corrected chi connectivity index (χ0v) is 10.4. The maximum atomic E-state index is 11.6. The standard InChI is InChI=1S/C14H15NO3/c1-9(16)6-7-10-8-15-13-11(10)4-3-5-12(13)14(17)18-2/h3-5,8,15H,6-7H2,1-2H3. The number of carbonyl (C=O) groups is 2. The minimum Gasteiger partial charge on any atom is -0.465 e. The van der Waals surface area contributed by atoms with Gasteiger partial charge in [0.05, 0.1) is 18.2 Å². The number of nitrogens with one attached hydrogen (secondary N) is 1. The van der Waals surface area contributed by atoms with Gasteiger partial charge in [-0.1, -0.05) is 12.1 Å². The van der Waals surface area contributed by atoms with E-state index in [9.17, 15) is 9.59 Å². The lowest BCUT2D eigenvalue weighted by Crippen LogP contribution is -2.01. The van der Waals surface area contributed by atoms with Crippen molar-refractivity contribution in [3.05, 3.63) is 35.5 Å². The Labute approximate surface area is 105 Å². The van der Waals surface area contributed by atoms with Gasteiger partial charge >= 0.3 is 5.97 Å². The topological polar surface area (TPSA) is 59.2 Å². The average molecular weight is 245 g/mol. The zero-order valence-electron chi connectivity index (χ0n) is 10.4. The molecule has 4 nitrogen and oxygen atoms in total. The molecular weight excluding hydrogens is 230 g/mol. The fourth-order valence-corrected chi connectivity index (χ4v) is 2.01. The highest BCUT2D eigenvalue weighted by Gasteiger charge is 2.13. The number of para-hydroxylation sites is 1. The van der Waals surface area contributed by atoms with Crippen molar-refractivity contribution in [3.8, 4) is 0 Å². The van der Waals surface area contributed by atoms with Crippen molar-refractivity contribution in [3.63, 3.8) is 0 Å². The quantitative estimate of drug-likeness (QED) is 0.842. The number of methoxy groups -OCH3 is 1. The van der Waals surface area contributed by atoms with E-state index in [2.05, 4.69) is 4.98 Å². The van der Waals surface area contributed by atoms with Gasteiger partial charge in [0.25, 0.3) is 0 Å². The van der Waals surface area contributed by atoms with Crippen LogP contribution in [0.4, 0.5) is 0 Å². The predicted molar refractivity (Wildman–Crippen MR) is 68.6 cm³/mol. The van der Waals surface area contributed by atoms with E-state index < -0.39 is 0 Å². The van der Waals surface area contributed by atoms with Crippen molar-refractivity contribution in [2.24, 2.45) is 0 Å². The molecule has 0 fully saturated rings. The van der Waals surface area contributed by atoms with Gasteiger partial charge in [0.15, 0.2) is 0 Å². The summed E-state index contributed by atoms with van der Waals surface area (Å²) >= 11 is 0. The van der Waals surface area contributed by atoms with Gasteiger partial charge in [-0.05, 0) is 25.0 Å². The number of hydrogen-bond donors (Lipinski definition) is 1. The summed E-state index contributed by atoms with van der Waals surface area (Å²) in [4.78, 5) is 25.7. The number of hydrogen-bond acceptors (Lipinski definition) is 3. The maximum Gasteiger partial charge on any atom is 0.339 e. The first-order chi connectivity index (χ1) is 8.63. The van der Waals surface area contributed by atoms with Crippen LogP contribution in [0.3, 0.4) is 0 Å². The van der Waals surface area contributed by atoms with Crippen LogP contribution in [0, 0.1) is 0 Å². The number of ether oxygens (including phenoxy) is 1. The van der Waals surface area contributed by atoms with Crippen LogP contribution in [-0.4, -0.2) is 23.8 Å². The Balaban J connectivity index is 2.42. The molecule has 0 saturated carbocycles. The largest absolute Gasteiger partial charge is 0.465 e. The number of fused-ring (bicyclic) bond motifs is 1. The molecule has 18 heavy (non-hydrogen) atoms. The predicted octanol–water partition coefficient (Wildman–Crippen LogP) is 2.48. The lowest BCUT2D eigenvalue weighted by molar-refractivity contribution is -0.116. The maximum absolute atomic E-state index is 11.6. The highest BCUT2D eigenvalue weighted by atomic mass is 16.5. The van der Waals surface area contributed by atoms with Gasteiger partial charge in [-0.3, -0.25) is 0 Å². The molecule has 1 aromatic carbocycles. The van der Waals surface area contributed by atoms with Crippen LogP contribution in [0.25, 0.3) is 10.9 Å². The third kappa shape index (κ3) is 2.27. The van der Waals surface area contributed by atoms with E-state index in [0.717, 1.165) is 16.5 Å². The Morgan fingerprint density at radius 3 is 2.78 bits per heavy atom. The number of Topliss-reactive ketones (excluding diaryl/α,β-unsaturated/α-hetero) is 1. The number of rotatable bonds is 4. The lowest BCUT2D eigenvalue weighted by Gasteiger charge is -2.01. The molecule has 1 aromatic heterocycles. The number of H-pyrrole nitrogens is 1. The Bertz CT molecular complexity index is 598. The fourth-order valence-electron chi connectivity index (χ4n) is 2.01. The van der Waals surface area contributed by atoms with E-state index in [1.165, 1.54) is 7.11 Å². The normalized spacial score (nSPS) is 10.6. The van der Waals surface area contributed by atoms with Crippen molar-refractivity contribution in [1.82, 2.24) is 4.98 Å². The molecule has 94 valence electrons. The van der Waals surface area contributed by atoms with E-state index >= 15 is 0 Å². The fraction of sp³-hybridized carbons (Fsp3) is 0.286. The number of aromatic amines is 1. The number of benzene rings is 1. The molecular formula is C14H15NO3. The molecule has 2 rings (SSSR count). The zero-order chi connectivity index (χ0) is 13.1. The molecule has 4 heteroatoms. The summed E-state index contributed by atoms with van der Waals surface area (Å²) in [6.45, 7) is 1.58. The molecule has 0 bridgehead atoms. The molecule has 0 atom stereocenters. The summed E-state index contributed by atoms with van der Waals surface area (Å²) < 4.78 is 4.74. The molecule has 2 aromatic rings. The summed E-state index contributed by atoms with van der Waals surface area (Å²) in [6.07, 6.45) is 3.04. The second kappa shape index (κ2) is 5.04. The third-order valence-corrected chi connectivity index (χ3v) is 2.95. The SMILES string of the molecule is COC(=O)c1cccc2c(CCC(C)=O)c[nH]c12. The first-order valence-corrected chi connectivity index (χ1v) is 5.80. The molecule has 0 aliphatic carbocycles. The van der Waals surface area contributed by atoms with Gasteiger partial charge in [0.1, 0.15) is 5.78 Å². The van der Waals surface area contributed by atoms with Gasteiger partial charge in [-0.2, -0.15) is 0 Å². The summed E-state index contributed by atoms with van der Waals surface area (Å²) in [6, 6.07) is 5.48. The van der Waals surface area contributed by atoms with Crippen LogP contribution in [0.5, 0.6) is 0 Å². The highest BCUT2D eigenvalue weighted by Crippen LogP contribution is 2.23. The third-order valence-electron chi connectivity index (χ3n) is 2.95. The van der Waals surface area contributed by atoms with E-state index in [0.29, 0.717) is 18.4 Å². The number of aromatic nitrogens is 1. The molecule has 0 unspecified atom stereocenters. The molecule has 0 saturated heterocycles. The van der Waals surface area contributed by atoms with E-state index in [1.807, 2.05) is 18.3 Å². The van der Waals surface area contributed by atoms with Crippen LogP contribution in [0.2, 0.25) is 0 Å². The number of esters is 1. The number of ketones is 1. The van der Waals surface area contributed by atoms with Crippen LogP contribution in [-0.2, 0) is 16.0 Å². The van der Waals surface area contributed by atoms with Crippen molar-refractivity contribution in [2.75, 3.05) is 7.11 Å². The molecule has 0 aliphatic heterocycles. The Morgan fingerprint density at radius 2 is 2.11 bits per heavy atom. The second-order valence-corrected chi connectivity index (χ2v) is 4.24. The smallest absolute Gasteiger partial charge is 0.339 e. The first kappa shape index (κ1) is 12.4. The lowest BCUT2D eigenvalue weighted by atomic mass is 10.0. The van der Waals surface area contributed by atoms with Gasteiger partial charge in [-0.25, -0.2) is 4.79 Å². The minimum atomic E-state index is -0.361. The Kier molecular flexibility index (Phi) is 3.46. The minimum absolute atomic E-state index is 0.161. The Hall–Kier alpha value is -2.10. The molecule has 0 spiro atoms. The van der Waals surface area contributed by atoms with E-state index in [-0.39, 0.29) is 11.8 Å². The van der Waals surface area contributed by atoms with Crippen molar-refractivity contribution in [2.45, 2.75) is 19.8 Å². The van der Waals surface area contributed by atoms with Crippen LogP contribution in [0.15, 0.2) is 24.4 Å². The number of aryl methyl sites for hydroxylation is 1. The van der Waals surface area contributed by atoms with Gasteiger partial charge in [0.2, 0.25) is 0 Å². The summed E-state index contributed by atoms with van der Waals surface area (Å²) in [5.41, 5.74) is 2.33. The first-order valence-electron chi connectivity index (χ1n) is 5.80. The van der Waals surface area contributed by atoms with Crippen LogP contribution < -0.4 is 0 Å². The van der Waals surface area contributed by atoms with Gasteiger partial charge in [0, 0.05) is 18.0 Å². The summed E-state index contributed by atoms with van der Waals surface area (Å²) in [7, 11) is 1.36. The van der Waals surface area contributed by atoms with Crippen molar-refractivity contribution < 1.29 is 14.3 Å². The second-order valence-electron chi connectivity index (χ2n) is 4.24. The van der Waals surface area contributed by atoms with Crippen LogP contribution in [0.1, 0.15) is 29.3 Å².